The Morgan fingerprint density at radius 3 is 3.00 bits per heavy atom. The summed E-state index contributed by atoms with van der Waals surface area (Å²) >= 11 is 0. The van der Waals surface area contributed by atoms with Crippen LogP contribution in [-0.4, -0.2) is 24.7 Å². The lowest BCUT2D eigenvalue weighted by Gasteiger charge is -2.17. The van der Waals surface area contributed by atoms with E-state index in [1.807, 2.05) is 0 Å². The second-order valence-corrected chi connectivity index (χ2v) is 2.69. The largest absolute Gasteiger partial charge is 0.449 e. The molecule has 0 aromatic carbocycles. The Hall–Kier alpha value is -1.78. The average molecular weight is 195 g/mol. The number of hydrogen-bond donors (Lipinski definition) is 1. The number of amides is 1. The summed E-state index contributed by atoms with van der Waals surface area (Å²) in [5.74, 6) is 0. The van der Waals surface area contributed by atoms with Crippen molar-refractivity contribution in [1.82, 2.24) is 4.98 Å². The highest BCUT2D eigenvalue weighted by Crippen LogP contribution is 2.20. The molecule has 0 saturated carbocycles. The van der Waals surface area contributed by atoms with Gasteiger partial charge in [0.25, 0.3) is 0 Å². The molecule has 1 amide bonds. The first-order valence-corrected chi connectivity index (χ1v) is 4.26. The highest BCUT2D eigenvalue weighted by Gasteiger charge is 2.13. The van der Waals surface area contributed by atoms with Crippen LogP contribution in [0.3, 0.4) is 0 Å². The summed E-state index contributed by atoms with van der Waals surface area (Å²) in [6.45, 7) is 2.09. The Morgan fingerprint density at radius 2 is 2.43 bits per heavy atom. The van der Waals surface area contributed by atoms with Gasteiger partial charge in [-0.15, -0.1) is 0 Å². The van der Waals surface area contributed by atoms with Gasteiger partial charge in [-0.1, -0.05) is 0 Å². The molecule has 14 heavy (non-hydrogen) atoms. The molecule has 0 aliphatic rings. The second-order valence-electron chi connectivity index (χ2n) is 2.69. The predicted molar refractivity (Wildman–Crippen MR) is 54.1 cm³/mol. The minimum atomic E-state index is -0.426. The molecule has 2 N–H and O–H groups in total. The number of carbonyl (C=O) groups is 1. The number of hydrogen-bond acceptors (Lipinski definition) is 4. The molecule has 0 atom stereocenters. The van der Waals surface area contributed by atoms with Crippen LogP contribution in [-0.2, 0) is 4.74 Å². The van der Waals surface area contributed by atoms with Crippen molar-refractivity contribution < 1.29 is 9.53 Å². The van der Waals surface area contributed by atoms with Crippen molar-refractivity contribution in [3.8, 4) is 0 Å². The van der Waals surface area contributed by atoms with Crippen molar-refractivity contribution in [2.24, 2.45) is 0 Å². The van der Waals surface area contributed by atoms with Crippen molar-refractivity contribution in [2.45, 2.75) is 6.92 Å². The van der Waals surface area contributed by atoms with Crippen LogP contribution in [0.5, 0.6) is 0 Å². The standard InChI is InChI=1S/C9H13N3O2/c1-3-14-9(13)12(2)8-4-5-11-6-7(8)10/h4-6H,3,10H2,1-2H3. The van der Waals surface area contributed by atoms with Gasteiger partial charge in [0, 0.05) is 13.2 Å². The third-order valence-corrected chi connectivity index (χ3v) is 1.73. The summed E-state index contributed by atoms with van der Waals surface area (Å²) in [5, 5.41) is 0. The molecule has 5 nitrogen and oxygen atoms in total. The van der Waals surface area contributed by atoms with Crippen molar-refractivity contribution in [1.29, 1.82) is 0 Å². The topological polar surface area (TPSA) is 68.5 Å². The quantitative estimate of drug-likeness (QED) is 0.771. The monoisotopic (exact) mass is 195 g/mol. The SMILES string of the molecule is CCOC(=O)N(C)c1ccncc1N. The predicted octanol–water partition coefficient (Wildman–Crippen LogP) is 1.26. The molecule has 1 rings (SSSR count). The van der Waals surface area contributed by atoms with Gasteiger partial charge in [-0.2, -0.15) is 0 Å². The number of ether oxygens (including phenoxy) is 1. The Balaban J connectivity index is 2.84. The van der Waals surface area contributed by atoms with Gasteiger partial charge in [0.15, 0.2) is 0 Å². The summed E-state index contributed by atoms with van der Waals surface area (Å²) in [5.41, 5.74) is 6.69. The van der Waals surface area contributed by atoms with Gasteiger partial charge in [-0.05, 0) is 13.0 Å². The van der Waals surface area contributed by atoms with E-state index in [1.54, 1.807) is 26.2 Å². The van der Waals surface area contributed by atoms with Gasteiger partial charge in [-0.3, -0.25) is 9.88 Å². The van der Waals surface area contributed by atoms with Crippen LogP contribution in [0.4, 0.5) is 16.2 Å². The molecular weight excluding hydrogens is 182 g/mol. The van der Waals surface area contributed by atoms with Gasteiger partial charge < -0.3 is 10.5 Å². The minimum absolute atomic E-state index is 0.341. The molecule has 0 unspecified atom stereocenters. The van der Waals surface area contributed by atoms with Crippen molar-refractivity contribution in [2.75, 3.05) is 24.3 Å². The number of pyridine rings is 1. The molecule has 0 bridgehead atoms. The number of aromatic nitrogens is 1. The van der Waals surface area contributed by atoms with Gasteiger partial charge in [0.2, 0.25) is 0 Å². The molecular formula is C9H13N3O2. The summed E-state index contributed by atoms with van der Waals surface area (Å²) in [4.78, 5) is 16.5. The Kier molecular flexibility index (Phi) is 3.28. The molecule has 0 aliphatic heterocycles. The lowest BCUT2D eigenvalue weighted by molar-refractivity contribution is 0.161. The first-order chi connectivity index (χ1) is 6.66. The van der Waals surface area contributed by atoms with Gasteiger partial charge in [0.1, 0.15) is 0 Å². The molecule has 0 saturated heterocycles. The average Bonchev–Trinajstić information content (AvgIpc) is 2.18. The normalized spacial score (nSPS) is 9.57. The second kappa shape index (κ2) is 4.45. The highest BCUT2D eigenvalue weighted by molar-refractivity contribution is 5.90. The molecule has 0 radical (unpaired) electrons. The summed E-state index contributed by atoms with van der Waals surface area (Å²) < 4.78 is 4.82. The van der Waals surface area contributed by atoms with E-state index in [2.05, 4.69) is 4.98 Å². The zero-order valence-corrected chi connectivity index (χ0v) is 8.23. The number of rotatable bonds is 2. The smallest absolute Gasteiger partial charge is 0.414 e. The number of nitrogens with two attached hydrogens (primary N) is 1. The van der Waals surface area contributed by atoms with E-state index >= 15 is 0 Å². The fourth-order valence-electron chi connectivity index (χ4n) is 1.02. The van der Waals surface area contributed by atoms with Crippen LogP contribution in [0.1, 0.15) is 6.92 Å². The maximum absolute atomic E-state index is 11.3. The maximum Gasteiger partial charge on any atom is 0.414 e. The van der Waals surface area contributed by atoms with Gasteiger partial charge >= 0.3 is 6.09 Å². The Bertz CT molecular complexity index is 328. The number of anilines is 2. The molecule has 76 valence electrons. The van der Waals surface area contributed by atoms with Crippen LogP contribution >= 0.6 is 0 Å². The Morgan fingerprint density at radius 1 is 1.71 bits per heavy atom. The molecule has 1 aromatic rings. The van der Waals surface area contributed by atoms with E-state index in [4.69, 9.17) is 10.5 Å². The van der Waals surface area contributed by atoms with Crippen molar-refractivity contribution in [3.05, 3.63) is 18.5 Å². The molecule has 1 heterocycles. The number of carbonyl (C=O) groups excluding carboxylic acids is 1. The fraction of sp³-hybridized carbons (Fsp3) is 0.333. The lowest BCUT2D eigenvalue weighted by Crippen LogP contribution is -2.27. The molecule has 1 aromatic heterocycles. The van der Waals surface area contributed by atoms with Crippen LogP contribution < -0.4 is 10.6 Å². The van der Waals surface area contributed by atoms with E-state index < -0.39 is 6.09 Å². The third kappa shape index (κ3) is 2.12. The van der Waals surface area contributed by atoms with E-state index in [0.29, 0.717) is 18.0 Å². The Labute approximate surface area is 82.5 Å². The molecule has 0 aliphatic carbocycles. The highest BCUT2D eigenvalue weighted by atomic mass is 16.6. The van der Waals surface area contributed by atoms with E-state index in [0.717, 1.165) is 0 Å². The van der Waals surface area contributed by atoms with Gasteiger partial charge in [-0.25, -0.2) is 4.79 Å². The summed E-state index contributed by atoms with van der Waals surface area (Å²) in [7, 11) is 1.60. The molecule has 0 fully saturated rings. The first kappa shape index (κ1) is 10.3. The number of nitrogen functional groups attached to an aromatic ring is 1. The molecule has 5 heteroatoms. The van der Waals surface area contributed by atoms with Crippen LogP contribution in [0, 0.1) is 0 Å². The third-order valence-electron chi connectivity index (χ3n) is 1.73. The summed E-state index contributed by atoms with van der Waals surface area (Å²) in [6, 6.07) is 1.66. The number of nitrogens with zero attached hydrogens (tertiary/aromatic N) is 2. The first-order valence-electron chi connectivity index (χ1n) is 4.26. The lowest BCUT2D eigenvalue weighted by atomic mass is 10.3. The fourth-order valence-corrected chi connectivity index (χ4v) is 1.02. The molecule has 0 spiro atoms. The zero-order chi connectivity index (χ0) is 10.6. The van der Waals surface area contributed by atoms with E-state index in [-0.39, 0.29) is 0 Å². The summed E-state index contributed by atoms with van der Waals surface area (Å²) in [6.07, 6.45) is 2.64. The van der Waals surface area contributed by atoms with Crippen molar-refractivity contribution in [3.63, 3.8) is 0 Å². The van der Waals surface area contributed by atoms with E-state index in [9.17, 15) is 4.79 Å². The van der Waals surface area contributed by atoms with Crippen molar-refractivity contribution >= 4 is 17.5 Å². The van der Waals surface area contributed by atoms with Crippen LogP contribution in [0.15, 0.2) is 18.5 Å². The van der Waals surface area contributed by atoms with Gasteiger partial charge in [0.05, 0.1) is 24.2 Å². The van der Waals surface area contributed by atoms with Crippen LogP contribution in [0.25, 0.3) is 0 Å². The zero-order valence-electron chi connectivity index (χ0n) is 8.23. The maximum atomic E-state index is 11.3. The van der Waals surface area contributed by atoms with E-state index in [1.165, 1.54) is 11.1 Å². The minimum Gasteiger partial charge on any atom is -0.449 e. The van der Waals surface area contributed by atoms with Crippen LogP contribution in [0.2, 0.25) is 0 Å².